The highest BCUT2D eigenvalue weighted by molar-refractivity contribution is 5.75. The number of hydrogen-bond acceptors (Lipinski definition) is 3. The topological polar surface area (TPSA) is 64.3 Å². The largest absolute Gasteiger partial charge is 0.490 e. The van der Waals surface area contributed by atoms with Gasteiger partial charge in [-0.05, 0) is 31.5 Å². The molecule has 18 heavy (non-hydrogen) atoms. The van der Waals surface area contributed by atoms with Crippen LogP contribution in [0.5, 0.6) is 5.75 Å². The van der Waals surface area contributed by atoms with Crippen LogP contribution in [-0.4, -0.2) is 19.1 Å². The van der Waals surface area contributed by atoms with E-state index < -0.39 is 5.82 Å². The third-order valence-electron chi connectivity index (χ3n) is 2.44. The average molecular weight is 254 g/mol. The van der Waals surface area contributed by atoms with Gasteiger partial charge in [-0.1, -0.05) is 6.07 Å². The maximum atomic E-state index is 13.6. The number of rotatable bonds is 6. The van der Waals surface area contributed by atoms with E-state index in [4.69, 9.17) is 10.5 Å². The van der Waals surface area contributed by atoms with Crippen molar-refractivity contribution >= 4 is 5.91 Å². The minimum Gasteiger partial charge on any atom is -0.490 e. The SMILES string of the molecule is CCNC(=O)CCOc1ccc([C@@H](C)N)cc1F. The van der Waals surface area contributed by atoms with Crippen molar-refractivity contribution in [3.63, 3.8) is 0 Å². The van der Waals surface area contributed by atoms with E-state index in [-0.39, 0.29) is 30.7 Å². The van der Waals surface area contributed by atoms with E-state index in [1.165, 1.54) is 12.1 Å². The van der Waals surface area contributed by atoms with Crippen molar-refractivity contribution in [3.05, 3.63) is 29.6 Å². The quantitative estimate of drug-likeness (QED) is 0.813. The van der Waals surface area contributed by atoms with Crippen molar-refractivity contribution in [2.24, 2.45) is 5.73 Å². The third kappa shape index (κ3) is 4.33. The molecule has 3 N–H and O–H groups in total. The highest BCUT2D eigenvalue weighted by Crippen LogP contribution is 2.21. The molecule has 0 aliphatic rings. The van der Waals surface area contributed by atoms with Gasteiger partial charge in [0.15, 0.2) is 11.6 Å². The van der Waals surface area contributed by atoms with Crippen LogP contribution >= 0.6 is 0 Å². The number of hydrogen-bond donors (Lipinski definition) is 2. The summed E-state index contributed by atoms with van der Waals surface area (Å²) in [6, 6.07) is 4.39. The van der Waals surface area contributed by atoms with E-state index in [9.17, 15) is 9.18 Å². The predicted octanol–water partition coefficient (Wildman–Crippen LogP) is 1.75. The van der Waals surface area contributed by atoms with Crippen LogP contribution in [0.2, 0.25) is 0 Å². The monoisotopic (exact) mass is 254 g/mol. The molecule has 5 heteroatoms. The van der Waals surface area contributed by atoms with Gasteiger partial charge in [0, 0.05) is 12.6 Å². The molecule has 0 saturated carbocycles. The highest BCUT2D eigenvalue weighted by atomic mass is 19.1. The van der Waals surface area contributed by atoms with Gasteiger partial charge in [0.2, 0.25) is 5.91 Å². The number of nitrogens with one attached hydrogen (secondary N) is 1. The molecule has 0 saturated heterocycles. The molecule has 0 bridgehead atoms. The Bertz CT molecular complexity index is 408. The first kappa shape index (κ1) is 14.4. The lowest BCUT2D eigenvalue weighted by Crippen LogP contribution is -2.24. The Labute approximate surface area is 106 Å². The molecule has 0 fully saturated rings. The minimum absolute atomic E-state index is 0.106. The molecule has 1 atom stereocenters. The van der Waals surface area contributed by atoms with E-state index >= 15 is 0 Å². The Morgan fingerprint density at radius 3 is 2.83 bits per heavy atom. The summed E-state index contributed by atoms with van der Waals surface area (Å²) in [7, 11) is 0. The third-order valence-corrected chi connectivity index (χ3v) is 2.44. The first-order valence-electron chi connectivity index (χ1n) is 5.99. The normalized spacial score (nSPS) is 12.0. The first-order valence-corrected chi connectivity index (χ1v) is 5.99. The molecule has 0 aromatic heterocycles. The van der Waals surface area contributed by atoms with E-state index in [1.807, 2.05) is 6.92 Å². The number of carbonyl (C=O) groups excluding carboxylic acids is 1. The van der Waals surface area contributed by atoms with Crippen molar-refractivity contribution in [2.45, 2.75) is 26.3 Å². The number of benzene rings is 1. The van der Waals surface area contributed by atoms with E-state index in [0.29, 0.717) is 12.1 Å². The zero-order valence-electron chi connectivity index (χ0n) is 10.7. The summed E-state index contributed by atoms with van der Waals surface area (Å²) >= 11 is 0. The van der Waals surface area contributed by atoms with Crippen molar-refractivity contribution in [2.75, 3.05) is 13.2 Å². The second-order valence-electron chi connectivity index (χ2n) is 4.03. The summed E-state index contributed by atoms with van der Waals surface area (Å²) in [4.78, 5) is 11.2. The highest BCUT2D eigenvalue weighted by Gasteiger charge is 2.08. The van der Waals surface area contributed by atoms with Crippen LogP contribution in [0.15, 0.2) is 18.2 Å². The molecule has 1 aromatic carbocycles. The smallest absolute Gasteiger partial charge is 0.223 e. The Kier molecular flexibility index (Phi) is 5.58. The molecular weight excluding hydrogens is 235 g/mol. The summed E-state index contributed by atoms with van der Waals surface area (Å²) in [5.74, 6) is -0.422. The van der Waals surface area contributed by atoms with Crippen molar-refractivity contribution in [1.82, 2.24) is 5.32 Å². The van der Waals surface area contributed by atoms with Gasteiger partial charge < -0.3 is 15.8 Å². The van der Waals surface area contributed by atoms with Crippen molar-refractivity contribution in [1.29, 1.82) is 0 Å². The zero-order chi connectivity index (χ0) is 13.5. The Morgan fingerprint density at radius 1 is 1.56 bits per heavy atom. The standard InChI is InChI=1S/C13H19FN2O2/c1-3-16-13(17)6-7-18-12-5-4-10(9(2)15)8-11(12)14/h4-5,8-9H,3,6-7,15H2,1-2H3,(H,16,17)/t9-/m1/s1. The molecule has 1 rings (SSSR count). The van der Waals surface area contributed by atoms with Gasteiger partial charge in [0.1, 0.15) is 0 Å². The number of nitrogens with two attached hydrogens (primary N) is 1. The van der Waals surface area contributed by atoms with Gasteiger partial charge in [0.25, 0.3) is 0 Å². The van der Waals surface area contributed by atoms with Crippen molar-refractivity contribution in [3.8, 4) is 5.75 Å². The van der Waals surface area contributed by atoms with Crippen LogP contribution in [-0.2, 0) is 4.79 Å². The molecular formula is C13H19FN2O2. The van der Waals surface area contributed by atoms with Crippen LogP contribution < -0.4 is 15.8 Å². The fourth-order valence-electron chi connectivity index (χ4n) is 1.46. The number of ether oxygens (including phenoxy) is 1. The molecule has 0 spiro atoms. The van der Waals surface area contributed by atoms with Gasteiger partial charge in [0.05, 0.1) is 13.0 Å². The molecule has 1 aromatic rings. The van der Waals surface area contributed by atoms with Crippen LogP contribution in [0.1, 0.15) is 31.9 Å². The van der Waals surface area contributed by atoms with E-state index in [1.54, 1.807) is 13.0 Å². The maximum Gasteiger partial charge on any atom is 0.223 e. The second-order valence-corrected chi connectivity index (χ2v) is 4.03. The number of amides is 1. The maximum absolute atomic E-state index is 13.6. The number of halogens is 1. The van der Waals surface area contributed by atoms with Crippen LogP contribution in [0.3, 0.4) is 0 Å². The molecule has 0 aliphatic heterocycles. The minimum atomic E-state index is -0.458. The average Bonchev–Trinajstić information content (AvgIpc) is 2.31. The fraction of sp³-hybridized carbons (Fsp3) is 0.462. The first-order chi connectivity index (χ1) is 8.54. The van der Waals surface area contributed by atoms with Gasteiger partial charge in [-0.15, -0.1) is 0 Å². The molecule has 0 radical (unpaired) electrons. The Hall–Kier alpha value is -1.62. The number of carbonyl (C=O) groups is 1. The summed E-state index contributed by atoms with van der Waals surface area (Å²) in [6.45, 7) is 4.35. The lowest BCUT2D eigenvalue weighted by molar-refractivity contribution is -0.121. The van der Waals surface area contributed by atoms with Crippen LogP contribution in [0.25, 0.3) is 0 Å². The van der Waals surface area contributed by atoms with Crippen LogP contribution in [0, 0.1) is 5.82 Å². The van der Waals surface area contributed by atoms with Crippen molar-refractivity contribution < 1.29 is 13.9 Å². The second kappa shape index (κ2) is 6.96. The summed E-state index contributed by atoms with van der Waals surface area (Å²) in [6.07, 6.45) is 0.211. The molecule has 4 nitrogen and oxygen atoms in total. The summed E-state index contributed by atoms with van der Waals surface area (Å²) in [5.41, 5.74) is 6.36. The van der Waals surface area contributed by atoms with Gasteiger partial charge >= 0.3 is 0 Å². The summed E-state index contributed by atoms with van der Waals surface area (Å²) < 4.78 is 18.8. The Balaban J connectivity index is 2.50. The van der Waals surface area contributed by atoms with Gasteiger partial charge in [-0.2, -0.15) is 0 Å². The Morgan fingerprint density at radius 2 is 2.28 bits per heavy atom. The van der Waals surface area contributed by atoms with Gasteiger partial charge in [-0.3, -0.25) is 4.79 Å². The fourth-order valence-corrected chi connectivity index (χ4v) is 1.46. The van der Waals surface area contributed by atoms with Gasteiger partial charge in [-0.25, -0.2) is 4.39 Å². The van der Waals surface area contributed by atoms with E-state index in [0.717, 1.165) is 0 Å². The zero-order valence-corrected chi connectivity index (χ0v) is 10.7. The lowest BCUT2D eigenvalue weighted by Gasteiger charge is -2.10. The molecule has 0 heterocycles. The molecule has 0 unspecified atom stereocenters. The van der Waals surface area contributed by atoms with E-state index in [2.05, 4.69) is 5.32 Å². The predicted molar refractivity (Wildman–Crippen MR) is 67.8 cm³/mol. The molecule has 0 aliphatic carbocycles. The molecule has 100 valence electrons. The molecule has 1 amide bonds. The van der Waals surface area contributed by atoms with Crippen LogP contribution in [0.4, 0.5) is 4.39 Å². The summed E-state index contributed by atoms with van der Waals surface area (Å²) in [5, 5.41) is 2.64. The lowest BCUT2D eigenvalue weighted by atomic mass is 10.1.